The Bertz CT molecular complexity index is 1460. The van der Waals surface area contributed by atoms with Crippen molar-refractivity contribution < 1.29 is 89.4 Å². The standard InChI is InChI=1S/C50H87NO18/c1-3-5-7-9-11-13-15-16-17-18-19-21-23-25-27-34(55)33(51-38(56)28-26-24-22-20-14-12-10-8-6-4-2)32-64-48-44(62)41(59)46(36(30-53)66-48)69-50-45(63)42(60)47(37(31-54)67-50)68-49-43(61)40(58)39(57)35(29-52)65-49/h8,10,13,15,18-19,25,27,33-37,39-50,52-55,57-63H,3-7,9,11-12,14,16-17,20-24,26,28-32H2,1-2H3,(H,51,56)/b10-8-,15-13+,19-18+,27-25+. The van der Waals surface area contributed by atoms with Gasteiger partial charge in [0, 0.05) is 6.42 Å². The summed E-state index contributed by atoms with van der Waals surface area (Å²) in [5.41, 5.74) is 0. The van der Waals surface area contributed by atoms with E-state index in [9.17, 15) is 61.0 Å². The van der Waals surface area contributed by atoms with Crippen LogP contribution in [-0.4, -0.2) is 193 Å². The summed E-state index contributed by atoms with van der Waals surface area (Å²) in [6, 6.07) is -0.997. The fourth-order valence-corrected chi connectivity index (χ4v) is 8.28. The van der Waals surface area contributed by atoms with Crippen LogP contribution < -0.4 is 5.32 Å². The van der Waals surface area contributed by atoms with Crippen molar-refractivity contribution in [2.75, 3.05) is 26.4 Å². The molecule has 0 aromatic heterocycles. The fourth-order valence-electron chi connectivity index (χ4n) is 8.28. The van der Waals surface area contributed by atoms with Crippen LogP contribution in [0.2, 0.25) is 0 Å². The molecule has 0 aromatic rings. The van der Waals surface area contributed by atoms with E-state index in [1.165, 1.54) is 25.7 Å². The van der Waals surface area contributed by atoms with Gasteiger partial charge in [0.15, 0.2) is 18.9 Å². The minimum atomic E-state index is -1.98. The van der Waals surface area contributed by atoms with Crippen LogP contribution in [0.25, 0.3) is 0 Å². The number of nitrogens with one attached hydrogen (secondary N) is 1. The molecule has 0 radical (unpaired) electrons. The predicted octanol–water partition coefficient (Wildman–Crippen LogP) is 1.58. The van der Waals surface area contributed by atoms with Crippen LogP contribution in [0.1, 0.15) is 129 Å². The van der Waals surface area contributed by atoms with Gasteiger partial charge in [0.2, 0.25) is 5.91 Å². The molecule has 0 spiro atoms. The molecular weight excluding hydrogens is 903 g/mol. The van der Waals surface area contributed by atoms with Crippen LogP contribution in [0.15, 0.2) is 48.6 Å². The molecule has 3 rings (SSSR count). The zero-order chi connectivity index (χ0) is 50.6. The molecule has 0 saturated carbocycles. The van der Waals surface area contributed by atoms with Crippen molar-refractivity contribution in [3.63, 3.8) is 0 Å². The molecule has 400 valence electrons. The molecule has 19 nitrogen and oxygen atoms in total. The lowest BCUT2D eigenvalue weighted by molar-refractivity contribution is -0.379. The highest BCUT2D eigenvalue weighted by molar-refractivity contribution is 5.76. The van der Waals surface area contributed by atoms with Gasteiger partial charge < -0.3 is 89.9 Å². The normalized spacial score (nSPS) is 33.3. The van der Waals surface area contributed by atoms with Gasteiger partial charge >= 0.3 is 0 Å². The number of carbonyl (C=O) groups excluding carboxylic acids is 1. The Hall–Kier alpha value is -2.25. The third-order valence-corrected chi connectivity index (χ3v) is 12.6. The minimum Gasteiger partial charge on any atom is -0.394 e. The van der Waals surface area contributed by atoms with E-state index in [1.54, 1.807) is 6.08 Å². The third-order valence-electron chi connectivity index (χ3n) is 12.6. The summed E-state index contributed by atoms with van der Waals surface area (Å²) in [7, 11) is 0. The van der Waals surface area contributed by atoms with E-state index in [0.717, 1.165) is 70.6 Å². The Morgan fingerprint density at radius 3 is 1.51 bits per heavy atom. The van der Waals surface area contributed by atoms with E-state index in [0.29, 0.717) is 12.8 Å². The largest absolute Gasteiger partial charge is 0.394 e. The van der Waals surface area contributed by atoms with Gasteiger partial charge in [-0.25, -0.2) is 0 Å². The summed E-state index contributed by atoms with van der Waals surface area (Å²) in [5, 5.41) is 119. The lowest BCUT2D eigenvalue weighted by Crippen LogP contribution is -2.66. The topological polar surface area (TPSA) is 307 Å². The molecule has 3 saturated heterocycles. The maximum absolute atomic E-state index is 13.2. The lowest BCUT2D eigenvalue weighted by Gasteiger charge is -2.48. The van der Waals surface area contributed by atoms with Crippen LogP contribution in [0.5, 0.6) is 0 Å². The number of aliphatic hydroxyl groups excluding tert-OH is 11. The summed E-state index contributed by atoms with van der Waals surface area (Å²) in [4.78, 5) is 13.2. The average molecular weight is 990 g/mol. The van der Waals surface area contributed by atoms with Crippen molar-refractivity contribution in [3.8, 4) is 0 Å². The molecular formula is C50H87NO18. The zero-order valence-corrected chi connectivity index (χ0v) is 40.8. The van der Waals surface area contributed by atoms with Crippen LogP contribution in [0.3, 0.4) is 0 Å². The number of rotatable bonds is 34. The molecule has 69 heavy (non-hydrogen) atoms. The van der Waals surface area contributed by atoms with Crippen LogP contribution in [0.4, 0.5) is 0 Å². The van der Waals surface area contributed by atoms with Crippen LogP contribution in [0, 0.1) is 0 Å². The second kappa shape index (κ2) is 35.0. The minimum absolute atomic E-state index is 0.219. The molecule has 0 aromatic carbocycles. The summed E-state index contributed by atoms with van der Waals surface area (Å²) < 4.78 is 34.0. The number of amides is 1. The van der Waals surface area contributed by atoms with Gasteiger partial charge in [0.05, 0.1) is 38.6 Å². The van der Waals surface area contributed by atoms with E-state index < -0.39 is 124 Å². The van der Waals surface area contributed by atoms with Gasteiger partial charge in [-0.15, -0.1) is 0 Å². The SMILES string of the molecule is CCC/C=C\CCCCCCCC(=O)NC(COC1OC(CO)C(OC2OC(CO)C(OC3OC(CO)C(O)C(O)C3O)C(O)C2O)C(O)C1O)C(O)/C=C/CC/C=C/CC/C=C/CCCCCC. The van der Waals surface area contributed by atoms with Crippen molar-refractivity contribution >= 4 is 5.91 Å². The second-order valence-electron chi connectivity index (χ2n) is 18.3. The molecule has 1 amide bonds. The van der Waals surface area contributed by atoms with Gasteiger partial charge in [0.1, 0.15) is 73.2 Å². The van der Waals surface area contributed by atoms with Crippen LogP contribution in [-0.2, 0) is 33.2 Å². The average Bonchev–Trinajstić information content (AvgIpc) is 3.34. The number of carbonyl (C=O) groups is 1. The Balaban J connectivity index is 1.59. The summed E-state index contributed by atoms with van der Waals surface area (Å²) in [5.74, 6) is -0.307. The van der Waals surface area contributed by atoms with E-state index >= 15 is 0 Å². The van der Waals surface area contributed by atoms with Gasteiger partial charge in [-0.1, -0.05) is 107 Å². The van der Waals surface area contributed by atoms with Crippen molar-refractivity contribution in [2.24, 2.45) is 0 Å². The first kappa shape index (κ1) is 61.1. The fraction of sp³-hybridized carbons (Fsp3) is 0.820. The molecule has 3 fully saturated rings. The first-order valence-corrected chi connectivity index (χ1v) is 25.4. The number of hydrogen-bond acceptors (Lipinski definition) is 18. The predicted molar refractivity (Wildman–Crippen MR) is 254 cm³/mol. The van der Waals surface area contributed by atoms with E-state index in [1.807, 2.05) is 6.08 Å². The number of unbranched alkanes of at least 4 members (excludes halogenated alkanes) is 12. The Kier molecular flexibility index (Phi) is 31.0. The highest BCUT2D eigenvalue weighted by Gasteiger charge is 2.53. The molecule has 0 aliphatic carbocycles. The molecule has 17 unspecified atom stereocenters. The Morgan fingerprint density at radius 1 is 0.507 bits per heavy atom. The van der Waals surface area contributed by atoms with Gasteiger partial charge in [-0.3, -0.25) is 4.79 Å². The Labute approximate surface area is 408 Å². The second-order valence-corrected chi connectivity index (χ2v) is 18.3. The summed E-state index contributed by atoms with van der Waals surface area (Å²) >= 11 is 0. The molecule has 3 heterocycles. The maximum Gasteiger partial charge on any atom is 0.220 e. The summed E-state index contributed by atoms with van der Waals surface area (Å²) in [6.07, 6.45) is 7.02. The van der Waals surface area contributed by atoms with Crippen molar-refractivity contribution in [3.05, 3.63) is 48.6 Å². The first-order chi connectivity index (χ1) is 33.3. The maximum atomic E-state index is 13.2. The van der Waals surface area contributed by atoms with Crippen molar-refractivity contribution in [1.82, 2.24) is 5.32 Å². The first-order valence-electron chi connectivity index (χ1n) is 25.4. The highest BCUT2D eigenvalue weighted by atomic mass is 16.8. The van der Waals surface area contributed by atoms with Crippen LogP contribution >= 0.6 is 0 Å². The van der Waals surface area contributed by atoms with E-state index in [2.05, 4.69) is 55.6 Å². The van der Waals surface area contributed by atoms with E-state index in [-0.39, 0.29) is 18.9 Å². The zero-order valence-electron chi connectivity index (χ0n) is 40.8. The highest BCUT2D eigenvalue weighted by Crippen LogP contribution is 2.33. The molecule has 3 aliphatic rings. The quantitative estimate of drug-likeness (QED) is 0.0322. The number of allylic oxidation sites excluding steroid dienone is 7. The molecule has 17 atom stereocenters. The number of aliphatic hydroxyl groups is 11. The Morgan fingerprint density at radius 2 is 0.957 bits per heavy atom. The lowest BCUT2D eigenvalue weighted by atomic mass is 9.96. The van der Waals surface area contributed by atoms with Gasteiger partial charge in [-0.05, 0) is 64.2 Å². The van der Waals surface area contributed by atoms with E-state index in [4.69, 9.17) is 28.4 Å². The smallest absolute Gasteiger partial charge is 0.220 e. The molecule has 12 N–H and O–H groups in total. The molecule has 3 aliphatic heterocycles. The number of ether oxygens (including phenoxy) is 6. The van der Waals surface area contributed by atoms with Gasteiger partial charge in [0.25, 0.3) is 0 Å². The van der Waals surface area contributed by atoms with Gasteiger partial charge in [-0.2, -0.15) is 0 Å². The molecule has 0 bridgehead atoms. The summed E-state index contributed by atoms with van der Waals surface area (Å²) in [6.45, 7) is 1.54. The van der Waals surface area contributed by atoms with Crippen molar-refractivity contribution in [1.29, 1.82) is 0 Å². The van der Waals surface area contributed by atoms with Crippen molar-refractivity contribution in [2.45, 2.75) is 234 Å². The number of hydrogen-bond donors (Lipinski definition) is 12. The molecule has 19 heteroatoms. The monoisotopic (exact) mass is 990 g/mol. The third kappa shape index (κ3) is 21.0.